The molecular formula is C8H5F2IN2O. The van der Waals surface area contributed by atoms with Gasteiger partial charge in [-0.1, -0.05) is 0 Å². The molecule has 1 N–H and O–H groups in total. The summed E-state index contributed by atoms with van der Waals surface area (Å²) in [5, 5.41) is 17.4. The zero-order chi connectivity index (χ0) is 10.7. The van der Waals surface area contributed by atoms with Crippen LogP contribution in [0.4, 0.5) is 8.78 Å². The summed E-state index contributed by atoms with van der Waals surface area (Å²) < 4.78 is 25.0. The van der Waals surface area contributed by atoms with E-state index < -0.39 is 6.43 Å². The minimum atomic E-state index is -2.73. The molecule has 0 saturated carbocycles. The Morgan fingerprint density at radius 2 is 2.29 bits per heavy atom. The fourth-order valence-electron chi connectivity index (χ4n) is 0.955. The van der Waals surface area contributed by atoms with Crippen LogP contribution in [0.5, 0.6) is 0 Å². The first-order valence-corrected chi connectivity index (χ1v) is 4.66. The quantitative estimate of drug-likeness (QED) is 0.671. The number of nitriles is 1. The van der Waals surface area contributed by atoms with Crippen LogP contribution in [0.1, 0.15) is 23.2 Å². The molecule has 3 nitrogen and oxygen atoms in total. The van der Waals surface area contributed by atoms with E-state index in [0.29, 0.717) is 0 Å². The van der Waals surface area contributed by atoms with Crippen LogP contribution in [-0.4, -0.2) is 10.1 Å². The molecular weight excluding hydrogens is 305 g/mol. The summed E-state index contributed by atoms with van der Waals surface area (Å²) in [6.07, 6.45) is -2.73. The summed E-state index contributed by atoms with van der Waals surface area (Å²) in [4.78, 5) is 3.73. The van der Waals surface area contributed by atoms with Crippen molar-refractivity contribution in [3.05, 3.63) is 26.6 Å². The van der Waals surface area contributed by atoms with Crippen LogP contribution in [0, 0.1) is 15.0 Å². The molecule has 0 spiro atoms. The van der Waals surface area contributed by atoms with Crippen molar-refractivity contribution in [3.8, 4) is 6.07 Å². The Labute approximate surface area is 92.5 Å². The van der Waals surface area contributed by atoms with Crippen molar-refractivity contribution in [2.24, 2.45) is 0 Å². The molecule has 1 aromatic rings. The van der Waals surface area contributed by atoms with Crippen molar-refractivity contribution in [1.82, 2.24) is 4.98 Å². The number of aromatic nitrogens is 1. The molecule has 0 radical (unpaired) electrons. The molecule has 0 fully saturated rings. The lowest BCUT2D eigenvalue weighted by molar-refractivity contribution is 0.149. The van der Waals surface area contributed by atoms with Crippen molar-refractivity contribution in [1.29, 1.82) is 5.26 Å². The largest absolute Gasteiger partial charge is 0.390 e. The number of alkyl halides is 2. The third kappa shape index (κ3) is 2.16. The molecule has 0 bridgehead atoms. The highest BCUT2D eigenvalue weighted by Gasteiger charge is 2.18. The average Bonchev–Trinajstić information content (AvgIpc) is 2.15. The van der Waals surface area contributed by atoms with Gasteiger partial charge in [-0.25, -0.2) is 13.8 Å². The zero-order valence-electron chi connectivity index (χ0n) is 6.84. The number of nitrogens with zero attached hydrogens (tertiary/aromatic N) is 2. The number of hydrogen-bond acceptors (Lipinski definition) is 3. The van der Waals surface area contributed by atoms with E-state index in [9.17, 15) is 8.78 Å². The Morgan fingerprint density at radius 3 is 2.71 bits per heavy atom. The van der Waals surface area contributed by atoms with Gasteiger partial charge in [0, 0.05) is 0 Å². The minimum Gasteiger partial charge on any atom is -0.390 e. The van der Waals surface area contributed by atoms with Crippen LogP contribution in [0.25, 0.3) is 0 Å². The van der Waals surface area contributed by atoms with Gasteiger partial charge in [-0.15, -0.1) is 0 Å². The van der Waals surface area contributed by atoms with Crippen LogP contribution >= 0.6 is 22.6 Å². The van der Waals surface area contributed by atoms with Gasteiger partial charge >= 0.3 is 0 Å². The molecule has 0 atom stereocenters. The predicted molar refractivity (Wildman–Crippen MR) is 52.5 cm³/mol. The second-order valence-corrected chi connectivity index (χ2v) is 3.46. The number of rotatable bonds is 2. The van der Waals surface area contributed by atoms with Crippen LogP contribution in [0.15, 0.2) is 6.07 Å². The fourth-order valence-corrected chi connectivity index (χ4v) is 1.79. The van der Waals surface area contributed by atoms with E-state index in [1.807, 2.05) is 0 Å². The molecule has 14 heavy (non-hydrogen) atoms. The maximum atomic E-state index is 12.5. The smallest absolute Gasteiger partial charge is 0.267 e. The molecule has 74 valence electrons. The molecule has 1 heterocycles. The standard InChI is InChI=1S/C8H5F2IN2O/c9-7(10)6-4(2-12)1-5(3-14)13-8(6)11/h1,7,14H,3H2. The van der Waals surface area contributed by atoms with Gasteiger partial charge in [-0.2, -0.15) is 5.26 Å². The van der Waals surface area contributed by atoms with Crippen molar-refractivity contribution < 1.29 is 13.9 Å². The highest BCUT2D eigenvalue weighted by atomic mass is 127. The first-order valence-electron chi connectivity index (χ1n) is 3.58. The number of hydrogen-bond donors (Lipinski definition) is 1. The van der Waals surface area contributed by atoms with Gasteiger partial charge < -0.3 is 5.11 Å². The van der Waals surface area contributed by atoms with Crippen LogP contribution in [0.2, 0.25) is 0 Å². The first kappa shape index (κ1) is 11.3. The highest BCUT2D eigenvalue weighted by molar-refractivity contribution is 14.1. The summed E-state index contributed by atoms with van der Waals surface area (Å²) in [6, 6.07) is 2.83. The summed E-state index contributed by atoms with van der Waals surface area (Å²) in [7, 11) is 0. The summed E-state index contributed by atoms with van der Waals surface area (Å²) in [5.74, 6) is 0. The zero-order valence-corrected chi connectivity index (χ0v) is 8.99. The Kier molecular flexibility index (Phi) is 3.71. The van der Waals surface area contributed by atoms with Crippen LogP contribution in [-0.2, 0) is 6.61 Å². The number of halogens is 3. The number of pyridine rings is 1. The van der Waals surface area contributed by atoms with Crippen LogP contribution in [0.3, 0.4) is 0 Å². The van der Waals surface area contributed by atoms with E-state index in [4.69, 9.17) is 10.4 Å². The van der Waals surface area contributed by atoms with Crippen molar-refractivity contribution >= 4 is 22.6 Å². The van der Waals surface area contributed by atoms with Gasteiger partial charge in [0.25, 0.3) is 6.43 Å². The lowest BCUT2D eigenvalue weighted by Crippen LogP contribution is -2.02. The van der Waals surface area contributed by atoms with Crippen LogP contribution < -0.4 is 0 Å². The highest BCUT2D eigenvalue weighted by Crippen LogP contribution is 2.27. The number of aliphatic hydroxyl groups excluding tert-OH is 1. The monoisotopic (exact) mass is 310 g/mol. The second kappa shape index (κ2) is 4.61. The van der Waals surface area contributed by atoms with Crippen molar-refractivity contribution in [2.45, 2.75) is 13.0 Å². The van der Waals surface area contributed by atoms with E-state index in [0.717, 1.165) is 0 Å². The van der Waals surface area contributed by atoms with E-state index in [-0.39, 0.29) is 27.1 Å². The minimum absolute atomic E-state index is 0.0562. The van der Waals surface area contributed by atoms with E-state index in [1.54, 1.807) is 28.7 Å². The molecule has 0 aliphatic rings. The molecule has 0 aliphatic carbocycles. The molecule has 0 saturated heterocycles. The SMILES string of the molecule is N#Cc1cc(CO)nc(I)c1C(F)F. The number of aliphatic hydroxyl groups is 1. The van der Waals surface area contributed by atoms with Gasteiger partial charge in [-0.3, -0.25) is 0 Å². The fraction of sp³-hybridized carbons (Fsp3) is 0.250. The van der Waals surface area contributed by atoms with E-state index in [2.05, 4.69) is 4.98 Å². The van der Waals surface area contributed by atoms with Gasteiger partial charge in [0.2, 0.25) is 0 Å². The summed E-state index contributed by atoms with van der Waals surface area (Å²) in [6.45, 7) is -0.367. The lowest BCUT2D eigenvalue weighted by atomic mass is 10.1. The van der Waals surface area contributed by atoms with Crippen molar-refractivity contribution in [2.75, 3.05) is 0 Å². The molecule has 0 aliphatic heterocycles. The Hall–Kier alpha value is -0.810. The Morgan fingerprint density at radius 1 is 1.64 bits per heavy atom. The molecule has 0 amide bonds. The summed E-state index contributed by atoms with van der Waals surface area (Å²) >= 11 is 1.62. The van der Waals surface area contributed by atoms with Gasteiger partial charge in [0.15, 0.2) is 0 Å². The summed E-state index contributed by atoms with van der Waals surface area (Å²) in [5.41, 5.74) is -0.288. The Balaban J connectivity index is 3.37. The molecule has 1 aromatic heterocycles. The maximum absolute atomic E-state index is 12.5. The second-order valence-electron chi connectivity index (χ2n) is 2.44. The third-order valence-electron chi connectivity index (χ3n) is 1.57. The molecule has 1 rings (SSSR count). The van der Waals surface area contributed by atoms with E-state index in [1.165, 1.54) is 6.07 Å². The van der Waals surface area contributed by atoms with Gasteiger partial charge in [0.05, 0.1) is 29.5 Å². The topological polar surface area (TPSA) is 56.9 Å². The van der Waals surface area contributed by atoms with E-state index >= 15 is 0 Å². The predicted octanol–water partition coefficient (Wildman–Crippen LogP) is 1.99. The lowest BCUT2D eigenvalue weighted by Gasteiger charge is -2.06. The third-order valence-corrected chi connectivity index (χ3v) is 2.39. The first-order chi connectivity index (χ1) is 6.60. The molecule has 6 heteroatoms. The Bertz CT molecular complexity index is 390. The van der Waals surface area contributed by atoms with Gasteiger partial charge in [0.1, 0.15) is 3.70 Å². The molecule has 0 aromatic carbocycles. The van der Waals surface area contributed by atoms with Gasteiger partial charge in [-0.05, 0) is 28.7 Å². The molecule has 0 unspecified atom stereocenters. The normalized spacial score (nSPS) is 10.3. The maximum Gasteiger partial charge on any atom is 0.267 e. The van der Waals surface area contributed by atoms with Crippen molar-refractivity contribution in [3.63, 3.8) is 0 Å². The average molecular weight is 310 g/mol.